The third kappa shape index (κ3) is 4.45. The number of ether oxygens (including phenoxy) is 2. The van der Waals surface area contributed by atoms with Crippen molar-refractivity contribution in [2.45, 2.75) is 13.8 Å². The molecule has 1 heterocycles. The first-order valence-electron chi connectivity index (χ1n) is 7.56. The number of hydrogen-bond donors (Lipinski definition) is 2. The van der Waals surface area contributed by atoms with Crippen LogP contribution in [0.4, 0.5) is 0 Å². The zero-order valence-electron chi connectivity index (χ0n) is 13.5. The molecule has 7 nitrogen and oxygen atoms in total. The third-order valence-corrected chi connectivity index (χ3v) is 3.02. The van der Waals surface area contributed by atoms with Crippen LogP contribution in [0.3, 0.4) is 0 Å². The van der Waals surface area contributed by atoms with Crippen molar-refractivity contribution in [3.8, 4) is 11.5 Å². The smallest absolute Gasteiger partial charge is 0.271 e. The van der Waals surface area contributed by atoms with Gasteiger partial charge in [0.05, 0.1) is 18.8 Å². The predicted molar refractivity (Wildman–Crippen MR) is 87.9 cm³/mol. The molecular weight excluding hydrogens is 310 g/mol. The van der Waals surface area contributed by atoms with Crippen LogP contribution in [-0.4, -0.2) is 30.0 Å². The van der Waals surface area contributed by atoms with Crippen molar-refractivity contribution >= 4 is 11.8 Å². The lowest BCUT2D eigenvalue weighted by atomic mass is 10.2. The zero-order chi connectivity index (χ0) is 17.4. The average molecular weight is 329 g/mol. The van der Waals surface area contributed by atoms with Crippen LogP contribution >= 0.6 is 0 Å². The fourth-order valence-corrected chi connectivity index (χ4v) is 1.95. The lowest BCUT2D eigenvalue weighted by molar-refractivity contribution is 0.0846. The molecule has 1 aromatic carbocycles. The highest BCUT2D eigenvalue weighted by molar-refractivity contribution is 5.99. The van der Waals surface area contributed by atoms with E-state index in [9.17, 15) is 9.59 Å². The van der Waals surface area contributed by atoms with Gasteiger partial charge in [0.2, 0.25) is 0 Å². The van der Waals surface area contributed by atoms with E-state index in [4.69, 9.17) is 9.47 Å². The van der Waals surface area contributed by atoms with Gasteiger partial charge < -0.3 is 9.47 Å². The maximum Gasteiger partial charge on any atom is 0.271 e. The van der Waals surface area contributed by atoms with Crippen LogP contribution in [0.1, 0.15) is 34.6 Å². The molecule has 0 fully saturated rings. The van der Waals surface area contributed by atoms with E-state index >= 15 is 0 Å². The Labute approximate surface area is 140 Å². The molecule has 126 valence electrons. The summed E-state index contributed by atoms with van der Waals surface area (Å²) < 4.78 is 10.9. The number of hydrogen-bond acceptors (Lipinski definition) is 5. The van der Waals surface area contributed by atoms with E-state index in [0.29, 0.717) is 35.8 Å². The van der Waals surface area contributed by atoms with E-state index in [-0.39, 0.29) is 0 Å². The number of carbonyl (C=O) groups excluding carboxylic acids is 2. The summed E-state index contributed by atoms with van der Waals surface area (Å²) in [5, 5.41) is 0. The number of nitrogens with one attached hydrogen (secondary N) is 2. The minimum absolute atomic E-state index is 0.341. The highest BCUT2D eigenvalue weighted by atomic mass is 16.5. The largest absolute Gasteiger partial charge is 0.490 e. The van der Waals surface area contributed by atoms with Gasteiger partial charge in [0.25, 0.3) is 11.8 Å². The Balaban J connectivity index is 2.04. The molecule has 0 spiro atoms. The van der Waals surface area contributed by atoms with Gasteiger partial charge in [-0.2, -0.15) is 0 Å². The summed E-state index contributed by atoms with van der Waals surface area (Å²) in [7, 11) is 0. The third-order valence-electron chi connectivity index (χ3n) is 3.02. The number of carbonyl (C=O) groups is 2. The van der Waals surface area contributed by atoms with Gasteiger partial charge in [-0.1, -0.05) is 0 Å². The molecule has 7 heteroatoms. The van der Waals surface area contributed by atoms with Crippen molar-refractivity contribution in [3.63, 3.8) is 0 Å². The van der Waals surface area contributed by atoms with Crippen LogP contribution in [0.25, 0.3) is 0 Å². The fraction of sp³-hybridized carbons (Fsp3) is 0.235. The second-order valence-corrected chi connectivity index (χ2v) is 4.68. The highest BCUT2D eigenvalue weighted by Crippen LogP contribution is 2.28. The Morgan fingerprint density at radius 2 is 1.62 bits per heavy atom. The van der Waals surface area contributed by atoms with Crippen LogP contribution in [0.2, 0.25) is 0 Å². The minimum Gasteiger partial charge on any atom is -0.490 e. The van der Waals surface area contributed by atoms with E-state index in [0.717, 1.165) is 0 Å². The summed E-state index contributed by atoms with van der Waals surface area (Å²) in [6.07, 6.45) is 2.97. The first kappa shape index (κ1) is 17.3. The highest BCUT2D eigenvalue weighted by Gasteiger charge is 2.13. The van der Waals surface area contributed by atoms with Gasteiger partial charge in [-0.05, 0) is 44.2 Å². The summed E-state index contributed by atoms with van der Waals surface area (Å²) in [6.45, 7) is 4.65. The first-order valence-corrected chi connectivity index (χ1v) is 7.56. The molecule has 0 atom stereocenters. The van der Waals surface area contributed by atoms with Crippen LogP contribution in [0.5, 0.6) is 11.5 Å². The van der Waals surface area contributed by atoms with Crippen LogP contribution < -0.4 is 20.3 Å². The van der Waals surface area contributed by atoms with Gasteiger partial charge in [-0.3, -0.25) is 25.4 Å². The van der Waals surface area contributed by atoms with Crippen molar-refractivity contribution in [2.24, 2.45) is 0 Å². The molecule has 0 saturated heterocycles. The summed E-state index contributed by atoms with van der Waals surface area (Å²) in [5.74, 6) is 0.129. The number of hydrazine groups is 1. The van der Waals surface area contributed by atoms with E-state index in [1.54, 1.807) is 36.5 Å². The van der Waals surface area contributed by atoms with Gasteiger partial charge >= 0.3 is 0 Å². The summed E-state index contributed by atoms with van der Waals surface area (Å²) in [5.41, 5.74) is 5.38. The van der Waals surface area contributed by atoms with Crippen molar-refractivity contribution in [1.29, 1.82) is 0 Å². The van der Waals surface area contributed by atoms with Gasteiger partial charge in [0, 0.05) is 18.0 Å². The maximum atomic E-state index is 12.2. The molecule has 0 aliphatic rings. The molecule has 0 radical (unpaired) electrons. The molecule has 2 N–H and O–H groups in total. The molecule has 0 unspecified atom stereocenters. The topological polar surface area (TPSA) is 89.6 Å². The molecule has 2 aromatic rings. The monoisotopic (exact) mass is 329 g/mol. The van der Waals surface area contributed by atoms with Gasteiger partial charge in [0.1, 0.15) is 0 Å². The Morgan fingerprint density at radius 1 is 0.958 bits per heavy atom. The lowest BCUT2D eigenvalue weighted by Gasteiger charge is -2.12. The SMILES string of the molecule is CCOc1ccc(C(=O)NNC(=O)c2cccnc2)cc1OCC. The van der Waals surface area contributed by atoms with Crippen molar-refractivity contribution in [2.75, 3.05) is 13.2 Å². The Morgan fingerprint density at radius 3 is 2.25 bits per heavy atom. The summed E-state index contributed by atoms with van der Waals surface area (Å²) in [4.78, 5) is 27.9. The van der Waals surface area contributed by atoms with Gasteiger partial charge in [0.15, 0.2) is 11.5 Å². The van der Waals surface area contributed by atoms with Crippen LogP contribution in [-0.2, 0) is 0 Å². The summed E-state index contributed by atoms with van der Waals surface area (Å²) in [6, 6.07) is 8.06. The Bertz CT molecular complexity index is 704. The Kier molecular flexibility index (Phi) is 6.13. The fourth-order valence-electron chi connectivity index (χ4n) is 1.95. The minimum atomic E-state index is -0.462. The standard InChI is InChI=1S/C17H19N3O4/c1-3-23-14-8-7-12(10-15(14)24-4-2)16(21)19-20-17(22)13-6-5-9-18-11-13/h5-11H,3-4H2,1-2H3,(H,19,21)(H,20,22). The van der Waals surface area contributed by atoms with E-state index < -0.39 is 11.8 Å². The van der Waals surface area contributed by atoms with Crippen LogP contribution in [0, 0.1) is 0 Å². The molecule has 2 rings (SSSR count). The number of aromatic nitrogens is 1. The van der Waals surface area contributed by atoms with Crippen molar-refractivity contribution in [1.82, 2.24) is 15.8 Å². The van der Waals surface area contributed by atoms with Gasteiger partial charge in [-0.25, -0.2) is 0 Å². The van der Waals surface area contributed by atoms with Gasteiger partial charge in [-0.15, -0.1) is 0 Å². The van der Waals surface area contributed by atoms with Crippen molar-refractivity contribution in [3.05, 3.63) is 53.9 Å². The van der Waals surface area contributed by atoms with E-state index in [2.05, 4.69) is 15.8 Å². The number of benzene rings is 1. The second kappa shape index (κ2) is 8.52. The molecule has 2 amide bonds. The van der Waals surface area contributed by atoms with E-state index in [1.165, 1.54) is 6.20 Å². The van der Waals surface area contributed by atoms with Crippen molar-refractivity contribution < 1.29 is 19.1 Å². The summed E-state index contributed by atoms with van der Waals surface area (Å²) >= 11 is 0. The molecule has 0 saturated carbocycles. The Hall–Kier alpha value is -3.09. The lowest BCUT2D eigenvalue weighted by Crippen LogP contribution is -2.41. The quantitative estimate of drug-likeness (QED) is 0.791. The number of nitrogens with zero attached hydrogens (tertiary/aromatic N) is 1. The molecule has 1 aromatic heterocycles. The number of amides is 2. The first-order chi connectivity index (χ1) is 11.7. The molecule has 0 aliphatic heterocycles. The molecule has 0 bridgehead atoms. The molecule has 0 aliphatic carbocycles. The number of rotatable bonds is 6. The molecule has 24 heavy (non-hydrogen) atoms. The molecular formula is C17H19N3O4. The normalized spacial score (nSPS) is 9.92. The number of pyridine rings is 1. The van der Waals surface area contributed by atoms with Crippen LogP contribution in [0.15, 0.2) is 42.7 Å². The van der Waals surface area contributed by atoms with E-state index in [1.807, 2.05) is 13.8 Å². The average Bonchev–Trinajstić information content (AvgIpc) is 2.62. The predicted octanol–water partition coefficient (Wildman–Crippen LogP) is 1.95. The second-order valence-electron chi connectivity index (χ2n) is 4.68. The zero-order valence-corrected chi connectivity index (χ0v) is 13.5. The maximum absolute atomic E-state index is 12.2.